The molecule has 154 valence electrons. The van der Waals surface area contributed by atoms with E-state index in [2.05, 4.69) is 64.6 Å². The van der Waals surface area contributed by atoms with Gasteiger partial charge in [-0.25, -0.2) is 0 Å². The molecule has 29 heavy (non-hydrogen) atoms. The Morgan fingerprint density at radius 1 is 1.07 bits per heavy atom. The van der Waals surface area contributed by atoms with Crippen LogP contribution in [0.1, 0.15) is 34.6 Å². The van der Waals surface area contributed by atoms with E-state index in [0.717, 1.165) is 11.4 Å². The summed E-state index contributed by atoms with van der Waals surface area (Å²) in [6.45, 7) is 10.3. The molecule has 5 nitrogen and oxygen atoms in total. The fourth-order valence-electron chi connectivity index (χ4n) is 3.53. The van der Waals surface area contributed by atoms with Gasteiger partial charge in [0.2, 0.25) is 11.8 Å². The standard InChI is InChI=1S/C23H29N3O2S/c1-6-26-20-10-8-7-9-17(20)18-13-16(11-12-21(18)26)29-14-19(24-15(2)27)22(28)25-23(3,4)5/h7-13,19H,6,14H2,1-5H3,(H,24,27)(H,25,28). The van der Waals surface area contributed by atoms with Crippen LogP contribution < -0.4 is 10.6 Å². The van der Waals surface area contributed by atoms with Gasteiger partial charge in [-0.1, -0.05) is 18.2 Å². The number of benzene rings is 2. The number of aryl methyl sites for hydroxylation is 1. The van der Waals surface area contributed by atoms with Gasteiger partial charge in [0.15, 0.2) is 0 Å². The summed E-state index contributed by atoms with van der Waals surface area (Å²) in [5.41, 5.74) is 2.09. The monoisotopic (exact) mass is 411 g/mol. The van der Waals surface area contributed by atoms with Crippen LogP contribution >= 0.6 is 11.8 Å². The first kappa shape index (κ1) is 21.2. The van der Waals surface area contributed by atoms with Crippen molar-refractivity contribution in [2.45, 2.75) is 57.6 Å². The lowest BCUT2D eigenvalue weighted by Gasteiger charge is -2.25. The molecule has 1 atom stereocenters. The highest BCUT2D eigenvalue weighted by atomic mass is 32.2. The first-order chi connectivity index (χ1) is 13.7. The summed E-state index contributed by atoms with van der Waals surface area (Å²) in [6.07, 6.45) is 0. The van der Waals surface area contributed by atoms with Crippen LogP contribution in [0.5, 0.6) is 0 Å². The molecule has 0 aliphatic rings. The highest BCUT2D eigenvalue weighted by Gasteiger charge is 2.24. The highest BCUT2D eigenvalue weighted by Crippen LogP contribution is 2.32. The van der Waals surface area contributed by atoms with Crippen LogP contribution in [0.15, 0.2) is 47.4 Å². The molecule has 0 bridgehead atoms. The Labute approximate surface area is 176 Å². The van der Waals surface area contributed by atoms with Crippen molar-refractivity contribution < 1.29 is 9.59 Å². The van der Waals surface area contributed by atoms with Gasteiger partial charge >= 0.3 is 0 Å². The second kappa shape index (κ2) is 8.49. The third-order valence-corrected chi connectivity index (χ3v) is 5.76. The molecule has 0 aliphatic carbocycles. The fraction of sp³-hybridized carbons (Fsp3) is 0.391. The van der Waals surface area contributed by atoms with E-state index in [-0.39, 0.29) is 17.4 Å². The Kier molecular flexibility index (Phi) is 6.22. The normalized spacial score (nSPS) is 12.9. The molecule has 6 heteroatoms. The SMILES string of the molecule is CCn1c2ccccc2c2cc(SCC(NC(C)=O)C(=O)NC(C)(C)C)ccc21. The predicted molar refractivity (Wildman–Crippen MR) is 121 cm³/mol. The van der Waals surface area contributed by atoms with Gasteiger partial charge in [-0.3, -0.25) is 9.59 Å². The summed E-state index contributed by atoms with van der Waals surface area (Å²) in [5, 5.41) is 8.17. The van der Waals surface area contributed by atoms with Crippen LogP contribution in [0.25, 0.3) is 21.8 Å². The van der Waals surface area contributed by atoms with Crippen LogP contribution in [0, 0.1) is 0 Å². The lowest BCUT2D eigenvalue weighted by Crippen LogP contribution is -2.52. The van der Waals surface area contributed by atoms with E-state index in [1.54, 1.807) is 11.8 Å². The maximum absolute atomic E-state index is 12.6. The van der Waals surface area contributed by atoms with Crippen molar-refractivity contribution in [2.75, 3.05) is 5.75 Å². The van der Waals surface area contributed by atoms with Gasteiger partial charge in [0.1, 0.15) is 6.04 Å². The zero-order valence-electron chi connectivity index (χ0n) is 17.7. The Morgan fingerprint density at radius 3 is 2.41 bits per heavy atom. The van der Waals surface area contributed by atoms with Crippen molar-refractivity contribution in [1.29, 1.82) is 0 Å². The molecule has 1 unspecified atom stereocenters. The zero-order valence-corrected chi connectivity index (χ0v) is 18.5. The van der Waals surface area contributed by atoms with Gasteiger partial charge in [-0.05, 0) is 52.0 Å². The first-order valence-corrected chi connectivity index (χ1v) is 10.9. The Balaban J connectivity index is 1.85. The van der Waals surface area contributed by atoms with Gasteiger partial charge in [-0.2, -0.15) is 0 Å². The Morgan fingerprint density at radius 2 is 1.76 bits per heavy atom. The fourth-order valence-corrected chi connectivity index (χ4v) is 4.49. The van der Waals surface area contributed by atoms with Crippen molar-refractivity contribution in [3.8, 4) is 0 Å². The zero-order chi connectivity index (χ0) is 21.2. The number of thioether (sulfide) groups is 1. The van der Waals surface area contributed by atoms with Crippen molar-refractivity contribution in [1.82, 2.24) is 15.2 Å². The van der Waals surface area contributed by atoms with E-state index in [4.69, 9.17) is 0 Å². The molecule has 1 heterocycles. The molecule has 0 spiro atoms. The average Bonchev–Trinajstić information content (AvgIpc) is 2.96. The third kappa shape index (κ3) is 4.93. The molecule has 0 radical (unpaired) electrons. The van der Waals surface area contributed by atoms with Crippen LogP contribution in [0.3, 0.4) is 0 Å². The number of rotatable bonds is 6. The molecule has 0 saturated heterocycles. The van der Waals surface area contributed by atoms with E-state index >= 15 is 0 Å². The minimum Gasteiger partial charge on any atom is -0.350 e. The molecule has 0 aliphatic heterocycles. The molecule has 2 N–H and O–H groups in total. The van der Waals surface area contributed by atoms with Gasteiger partial charge in [0.25, 0.3) is 0 Å². The minimum absolute atomic E-state index is 0.163. The molecular weight excluding hydrogens is 382 g/mol. The number of fused-ring (bicyclic) bond motifs is 3. The first-order valence-electron chi connectivity index (χ1n) is 9.92. The van der Waals surface area contributed by atoms with Gasteiger partial charge in [0.05, 0.1) is 0 Å². The smallest absolute Gasteiger partial charge is 0.243 e. The van der Waals surface area contributed by atoms with E-state index in [1.165, 1.54) is 28.7 Å². The molecular formula is C23H29N3O2S. The molecule has 2 aromatic carbocycles. The Bertz CT molecular complexity index is 1050. The quantitative estimate of drug-likeness (QED) is 0.594. The summed E-state index contributed by atoms with van der Waals surface area (Å²) in [6, 6.07) is 14.3. The van der Waals surface area contributed by atoms with E-state index in [1.807, 2.05) is 20.8 Å². The maximum atomic E-state index is 12.6. The van der Waals surface area contributed by atoms with Gasteiger partial charge in [0, 0.05) is 51.5 Å². The number of hydrogen-bond acceptors (Lipinski definition) is 3. The summed E-state index contributed by atoms with van der Waals surface area (Å²) in [4.78, 5) is 25.3. The maximum Gasteiger partial charge on any atom is 0.243 e. The topological polar surface area (TPSA) is 63.1 Å². The van der Waals surface area contributed by atoms with Crippen molar-refractivity contribution >= 4 is 45.4 Å². The number of para-hydroxylation sites is 1. The van der Waals surface area contributed by atoms with Crippen molar-refractivity contribution in [2.24, 2.45) is 0 Å². The molecule has 0 fully saturated rings. The molecule has 2 amide bonds. The number of aromatic nitrogens is 1. The number of amides is 2. The summed E-state index contributed by atoms with van der Waals surface area (Å²) >= 11 is 1.58. The van der Waals surface area contributed by atoms with Crippen LogP contribution in [0.2, 0.25) is 0 Å². The highest BCUT2D eigenvalue weighted by molar-refractivity contribution is 7.99. The lowest BCUT2D eigenvalue weighted by molar-refractivity contribution is -0.128. The largest absolute Gasteiger partial charge is 0.350 e. The number of hydrogen-bond donors (Lipinski definition) is 2. The number of carbonyl (C=O) groups is 2. The van der Waals surface area contributed by atoms with Crippen LogP contribution in [-0.2, 0) is 16.1 Å². The minimum atomic E-state index is -0.579. The molecule has 3 rings (SSSR count). The molecule has 3 aromatic rings. The second-order valence-corrected chi connectivity index (χ2v) is 9.34. The van der Waals surface area contributed by atoms with E-state index < -0.39 is 6.04 Å². The number of nitrogens with zero attached hydrogens (tertiary/aromatic N) is 1. The van der Waals surface area contributed by atoms with Crippen LogP contribution in [0.4, 0.5) is 0 Å². The summed E-state index contributed by atoms with van der Waals surface area (Å²) in [7, 11) is 0. The summed E-state index contributed by atoms with van der Waals surface area (Å²) < 4.78 is 2.32. The average molecular weight is 412 g/mol. The Hall–Kier alpha value is -2.47. The second-order valence-electron chi connectivity index (χ2n) is 8.24. The van der Waals surface area contributed by atoms with Crippen molar-refractivity contribution in [3.05, 3.63) is 42.5 Å². The van der Waals surface area contributed by atoms with Gasteiger partial charge in [-0.15, -0.1) is 11.8 Å². The van der Waals surface area contributed by atoms with E-state index in [0.29, 0.717) is 5.75 Å². The van der Waals surface area contributed by atoms with Crippen molar-refractivity contribution in [3.63, 3.8) is 0 Å². The van der Waals surface area contributed by atoms with Gasteiger partial charge < -0.3 is 15.2 Å². The number of carbonyl (C=O) groups excluding carboxylic acids is 2. The van der Waals surface area contributed by atoms with E-state index in [9.17, 15) is 9.59 Å². The lowest BCUT2D eigenvalue weighted by atomic mass is 10.1. The predicted octanol–water partition coefficient (Wildman–Crippen LogP) is 4.33. The number of nitrogens with one attached hydrogen (secondary N) is 2. The van der Waals surface area contributed by atoms with Crippen LogP contribution in [-0.4, -0.2) is 33.7 Å². The molecule has 0 saturated carbocycles. The molecule has 1 aromatic heterocycles. The third-order valence-electron chi connectivity index (χ3n) is 4.67. The summed E-state index contributed by atoms with van der Waals surface area (Å²) in [5.74, 6) is 0.101.